The highest BCUT2D eigenvalue weighted by Crippen LogP contribution is 2.17. The Kier molecular flexibility index (Phi) is 7.61. The molecule has 0 bridgehead atoms. The quantitative estimate of drug-likeness (QED) is 0.732. The molecule has 0 fully saturated rings. The van der Waals surface area contributed by atoms with Gasteiger partial charge in [-0.2, -0.15) is 0 Å². The highest BCUT2D eigenvalue weighted by atomic mass is 19.1. The van der Waals surface area contributed by atoms with Gasteiger partial charge in [-0.15, -0.1) is 0 Å². The van der Waals surface area contributed by atoms with Gasteiger partial charge in [0.05, 0.1) is 25.3 Å². The monoisotopic (exact) mass is 374 g/mol. The molecular weight excluding hydrogens is 351 g/mol. The Hall–Kier alpha value is -3.09. The van der Waals surface area contributed by atoms with Gasteiger partial charge in [-0.3, -0.25) is 9.59 Å². The Bertz CT molecular complexity index is 782. The number of hydrogen-bond donors (Lipinski definition) is 1. The number of likely N-dealkylation sites (N-methyl/N-ethyl adjacent to an activating group) is 1. The number of carbonyl (C=O) groups excluding carboxylic acids is 2. The second-order valence-corrected chi connectivity index (χ2v) is 5.71. The predicted octanol–water partition coefficient (Wildman–Crippen LogP) is 2.49. The van der Waals surface area contributed by atoms with Gasteiger partial charge in [-0.05, 0) is 31.2 Å². The van der Waals surface area contributed by atoms with Gasteiger partial charge < -0.3 is 19.7 Å². The van der Waals surface area contributed by atoms with Gasteiger partial charge in [0, 0.05) is 7.05 Å². The molecule has 1 N–H and O–H groups in total. The van der Waals surface area contributed by atoms with Crippen LogP contribution in [0.2, 0.25) is 0 Å². The Balaban J connectivity index is 1.79. The van der Waals surface area contributed by atoms with Crippen LogP contribution in [-0.4, -0.2) is 50.1 Å². The zero-order chi connectivity index (χ0) is 19.6. The third-order valence-electron chi connectivity index (χ3n) is 3.78. The summed E-state index contributed by atoms with van der Waals surface area (Å²) in [6.45, 7) is 2.52. The topological polar surface area (TPSA) is 67.9 Å². The van der Waals surface area contributed by atoms with E-state index in [0.717, 1.165) is 0 Å². The Morgan fingerprint density at radius 3 is 2.41 bits per heavy atom. The molecule has 2 aromatic rings. The normalized spacial score (nSPS) is 10.2. The zero-order valence-electron chi connectivity index (χ0n) is 15.4. The van der Waals surface area contributed by atoms with Crippen molar-refractivity contribution in [2.75, 3.05) is 33.4 Å². The molecule has 144 valence electrons. The fourth-order valence-electron chi connectivity index (χ4n) is 2.30. The fourth-order valence-corrected chi connectivity index (χ4v) is 2.30. The molecule has 27 heavy (non-hydrogen) atoms. The van der Waals surface area contributed by atoms with Crippen molar-refractivity contribution >= 4 is 11.8 Å². The average Bonchev–Trinajstić information content (AvgIpc) is 2.68. The Labute approximate surface area is 157 Å². The summed E-state index contributed by atoms with van der Waals surface area (Å²) in [7, 11) is 1.59. The number of amides is 2. The minimum Gasteiger partial charge on any atom is -0.493 e. The summed E-state index contributed by atoms with van der Waals surface area (Å²) < 4.78 is 24.2. The summed E-state index contributed by atoms with van der Waals surface area (Å²) in [5.74, 6) is -0.514. The molecule has 0 radical (unpaired) electrons. The lowest BCUT2D eigenvalue weighted by Gasteiger charge is -2.18. The van der Waals surface area contributed by atoms with Crippen molar-refractivity contribution < 1.29 is 23.5 Å². The van der Waals surface area contributed by atoms with Crippen LogP contribution in [0, 0.1) is 5.82 Å². The van der Waals surface area contributed by atoms with Crippen LogP contribution in [0.5, 0.6) is 11.5 Å². The molecule has 0 aliphatic carbocycles. The van der Waals surface area contributed by atoms with Gasteiger partial charge in [0.1, 0.15) is 12.4 Å². The maximum Gasteiger partial charge on any atom is 0.255 e. The van der Waals surface area contributed by atoms with Gasteiger partial charge >= 0.3 is 0 Å². The van der Waals surface area contributed by atoms with Crippen LogP contribution in [0.25, 0.3) is 0 Å². The van der Waals surface area contributed by atoms with Crippen LogP contribution in [0.15, 0.2) is 48.5 Å². The molecule has 0 aliphatic heterocycles. The predicted molar refractivity (Wildman–Crippen MR) is 99.5 cm³/mol. The van der Waals surface area contributed by atoms with E-state index in [1.165, 1.54) is 17.0 Å². The van der Waals surface area contributed by atoms with Gasteiger partial charge in [0.25, 0.3) is 5.91 Å². The van der Waals surface area contributed by atoms with Crippen LogP contribution in [-0.2, 0) is 4.79 Å². The molecule has 0 saturated heterocycles. The second kappa shape index (κ2) is 10.2. The highest BCUT2D eigenvalue weighted by molar-refractivity contribution is 5.98. The number of para-hydroxylation sites is 2. The molecule has 0 atom stereocenters. The van der Waals surface area contributed by atoms with Crippen molar-refractivity contribution in [3.05, 3.63) is 59.9 Å². The van der Waals surface area contributed by atoms with Crippen LogP contribution >= 0.6 is 0 Å². The molecule has 0 unspecified atom stereocenters. The third-order valence-corrected chi connectivity index (χ3v) is 3.78. The van der Waals surface area contributed by atoms with Crippen molar-refractivity contribution in [1.82, 2.24) is 10.2 Å². The molecule has 2 rings (SSSR count). The van der Waals surface area contributed by atoms with Gasteiger partial charge in [-0.25, -0.2) is 4.39 Å². The first-order chi connectivity index (χ1) is 13.0. The zero-order valence-corrected chi connectivity index (χ0v) is 15.4. The van der Waals surface area contributed by atoms with Crippen LogP contribution in [0.3, 0.4) is 0 Å². The molecule has 0 saturated carbocycles. The first-order valence-electron chi connectivity index (χ1n) is 8.64. The number of hydrogen-bond acceptors (Lipinski definition) is 4. The van der Waals surface area contributed by atoms with E-state index in [1.54, 1.807) is 43.4 Å². The summed E-state index contributed by atoms with van der Waals surface area (Å²) in [6.07, 6.45) is 0. The number of nitrogens with one attached hydrogen (secondary N) is 1. The molecule has 2 amide bonds. The first-order valence-corrected chi connectivity index (χ1v) is 8.64. The van der Waals surface area contributed by atoms with E-state index < -0.39 is 5.82 Å². The van der Waals surface area contributed by atoms with Crippen molar-refractivity contribution in [3.8, 4) is 11.5 Å². The van der Waals surface area contributed by atoms with E-state index in [1.807, 2.05) is 6.92 Å². The number of benzene rings is 2. The van der Waals surface area contributed by atoms with Crippen molar-refractivity contribution in [2.24, 2.45) is 0 Å². The fraction of sp³-hybridized carbons (Fsp3) is 0.300. The van der Waals surface area contributed by atoms with Gasteiger partial charge in [-0.1, -0.05) is 24.3 Å². The molecule has 2 aromatic carbocycles. The summed E-state index contributed by atoms with van der Waals surface area (Å²) in [4.78, 5) is 25.8. The lowest BCUT2D eigenvalue weighted by molar-refractivity contribution is -0.129. The molecule has 6 nitrogen and oxygen atoms in total. The van der Waals surface area contributed by atoms with Gasteiger partial charge in [0.15, 0.2) is 11.6 Å². The van der Waals surface area contributed by atoms with Crippen molar-refractivity contribution in [2.45, 2.75) is 6.92 Å². The standard InChI is InChI=1S/C20H23FN2O4/c1-3-26-17-10-6-4-8-15(17)20(25)22-14-19(24)23(2)12-13-27-18-11-7-5-9-16(18)21/h4-11H,3,12-14H2,1-2H3,(H,22,25). The van der Waals surface area contributed by atoms with E-state index >= 15 is 0 Å². The molecule has 0 aliphatic rings. The Morgan fingerprint density at radius 1 is 1.04 bits per heavy atom. The lowest BCUT2D eigenvalue weighted by atomic mass is 10.2. The number of halogens is 1. The molecule has 7 heteroatoms. The van der Waals surface area contributed by atoms with E-state index in [0.29, 0.717) is 17.9 Å². The summed E-state index contributed by atoms with van der Waals surface area (Å²) in [5.41, 5.74) is 0.373. The Morgan fingerprint density at radius 2 is 1.70 bits per heavy atom. The molecule has 0 heterocycles. The van der Waals surface area contributed by atoms with Crippen LogP contribution in [0.4, 0.5) is 4.39 Å². The third kappa shape index (κ3) is 5.99. The minimum absolute atomic E-state index is 0.138. The smallest absolute Gasteiger partial charge is 0.255 e. The minimum atomic E-state index is -0.452. The molecule has 0 spiro atoms. The number of nitrogens with zero attached hydrogens (tertiary/aromatic N) is 1. The second-order valence-electron chi connectivity index (χ2n) is 5.71. The number of rotatable bonds is 9. The van der Waals surface area contributed by atoms with Crippen LogP contribution in [0.1, 0.15) is 17.3 Å². The molecule has 0 aromatic heterocycles. The van der Waals surface area contributed by atoms with E-state index in [4.69, 9.17) is 9.47 Å². The maximum atomic E-state index is 13.5. The summed E-state index contributed by atoms with van der Waals surface area (Å²) in [6, 6.07) is 12.9. The summed E-state index contributed by atoms with van der Waals surface area (Å²) in [5, 5.41) is 2.58. The van der Waals surface area contributed by atoms with Gasteiger partial charge in [0.2, 0.25) is 5.91 Å². The van der Waals surface area contributed by atoms with E-state index in [9.17, 15) is 14.0 Å². The highest BCUT2D eigenvalue weighted by Gasteiger charge is 2.15. The van der Waals surface area contributed by atoms with E-state index in [-0.39, 0.29) is 37.3 Å². The van der Waals surface area contributed by atoms with E-state index in [2.05, 4.69) is 5.32 Å². The number of carbonyl (C=O) groups is 2. The first kappa shape index (κ1) is 20.2. The van der Waals surface area contributed by atoms with Crippen molar-refractivity contribution in [3.63, 3.8) is 0 Å². The molecular formula is C20H23FN2O4. The SMILES string of the molecule is CCOc1ccccc1C(=O)NCC(=O)N(C)CCOc1ccccc1F. The van der Waals surface area contributed by atoms with Crippen LogP contribution < -0.4 is 14.8 Å². The number of ether oxygens (including phenoxy) is 2. The summed E-state index contributed by atoms with van der Waals surface area (Å²) >= 11 is 0. The largest absolute Gasteiger partial charge is 0.493 e. The van der Waals surface area contributed by atoms with Crippen molar-refractivity contribution in [1.29, 1.82) is 0 Å². The lowest BCUT2D eigenvalue weighted by Crippen LogP contribution is -2.39. The average molecular weight is 374 g/mol. The maximum absolute atomic E-state index is 13.5.